The van der Waals surface area contributed by atoms with Gasteiger partial charge in [-0.15, -0.1) is 0 Å². The van der Waals surface area contributed by atoms with Crippen molar-refractivity contribution in [2.45, 2.75) is 44.8 Å². The molecule has 1 aliphatic carbocycles. The summed E-state index contributed by atoms with van der Waals surface area (Å²) < 4.78 is 12.8. The summed E-state index contributed by atoms with van der Waals surface area (Å²) in [7, 11) is 0. The molecule has 1 saturated carbocycles. The first-order valence-electron chi connectivity index (χ1n) is 9.71. The van der Waals surface area contributed by atoms with E-state index in [-0.39, 0.29) is 35.6 Å². The zero-order valence-electron chi connectivity index (χ0n) is 15.8. The Morgan fingerprint density at radius 1 is 0.893 bits per heavy atom. The molecule has 2 heterocycles. The second-order valence-electron chi connectivity index (χ2n) is 8.11. The predicted octanol–water partition coefficient (Wildman–Crippen LogP) is 4.89. The lowest BCUT2D eigenvalue weighted by Crippen LogP contribution is -2.29. The molecule has 5 heteroatoms. The third-order valence-electron chi connectivity index (χ3n) is 6.40. The number of rotatable bonds is 3. The van der Waals surface area contributed by atoms with Crippen LogP contribution in [-0.4, -0.2) is 23.8 Å². The predicted molar refractivity (Wildman–Crippen MR) is 108 cm³/mol. The quantitative estimate of drug-likeness (QED) is 0.637. The second-order valence-corrected chi connectivity index (χ2v) is 9.02. The van der Waals surface area contributed by atoms with Crippen LogP contribution in [0.25, 0.3) is 0 Å². The third kappa shape index (κ3) is 2.67. The van der Waals surface area contributed by atoms with Gasteiger partial charge in [0.2, 0.25) is 0 Å². The standard InChI is InChI=1S/C23H21BrO4/c1-11-9-15(27-14-5-3-13(24)4-6-14)10-12(2)18(11)21-22(25)19-16-7-8-17(28-16)20(19)23(21)26/h3-6,9-10,16-17,19-21H,7-8H2,1-2H3/t16-,17+,19-,20+,21?. The number of aryl methyl sites for hydroxylation is 2. The van der Waals surface area contributed by atoms with Crippen LogP contribution in [0.15, 0.2) is 40.9 Å². The summed E-state index contributed by atoms with van der Waals surface area (Å²) in [6, 6.07) is 11.5. The third-order valence-corrected chi connectivity index (χ3v) is 6.93. The van der Waals surface area contributed by atoms with E-state index in [0.717, 1.165) is 39.8 Å². The fourth-order valence-electron chi connectivity index (χ4n) is 5.30. The summed E-state index contributed by atoms with van der Waals surface area (Å²) in [6.45, 7) is 3.91. The summed E-state index contributed by atoms with van der Waals surface area (Å²) in [6.07, 6.45) is 1.68. The van der Waals surface area contributed by atoms with Gasteiger partial charge in [-0.1, -0.05) is 15.9 Å². The Bertz CT molecular complexity index is 930. The van der Waals surface area contributed by atoms with Crippen LogP contribution in [0.2, 0.25) is 0 Å². The molecule has 28 heavy (non-hydrogen) atoms. The van der Waals surface area contributed by atoms with Crippen molar-refractivity contribution in [3.8, 4) is 11.5 Å². The monoisotopic (exact) mass is 440 g/mol. The van der Waals surface area contributed by atoms with Gasteiger partial charge in [0.15, 0.2) is 11.6 Å². The number of hydrogen-bond acceptors (Lipinski definition) is 4. The van der Waals surface area contributed by atoms with Gasteiger partial charge in [-0.2, -0.15) is 0 Å². The Morgan fingerprint density at radius 3 is 1.96 bits per heavy atom. The molecule has 5 atom stereocenters. The first kappa shape index (κ1) is 18.1. The van der Waals surface area contributed by atoms with Crippen molar-refractivity contribution in [3.05, 3.63) is 57.6 Å². The summed E-state index contributed by atoms with van der Waals surface area (Å²) in [5.74, 6) is 0.421. The molecule has 4 nitrogen and oxygen atoms in total. The molecule has 0 amide bonds. The SMILES string of the molecule is Cc1cc(Oc2ccc(Br)cc2)cc(C)c1C1C(=O)[C@@H]2[C@H](C1=O)[C@H]1CC[C@@H]2O1. The lowest BCUT2D eigenvalue weighted by atomic mass is 9.81. The zero-order valence-corrected chi connectivity index (χ0v) is 17.4. The molecule has 144 valence electrons. The number of carbonyl (C=O) groups excluding carboxylic acids is 2. The summed E-state index contributed by atoms with van der Waals surface area (Å²) in [5.41, 5.74) is 2.70. The minimum absolute atomic E-state index is 0.0509. The van der Waals surface area contributed by atoms with Crippen LogP contribution in [0.5, 0.6) is 11.5 Å². The second kappa shape index (κ2) is 6.53. The number of ketones is 2. The van der Waals surface area contributed by atoms with Gasteiger partial charge in [0.05, 0.1) is 24.0 Å². The van der Waals surface area contributed by atoms with Gasteiger partial charge in [-0.05, 0) is 79.8 Å². The van der Waals surface area contributed by atoms with Gasteiger partial charge < -0.3 is 9.47 Å². The lowest BCUT2D eigenvalue weighted by molar-refractivity contribution is -0.127. The van der Waals surface area contributed by atoms with E-state index in [1.165, 1.54) is 0 Å². The number of hydrogen-bond donors (Lipinski definition) is 0. The molecule has 0 radical (unpaired) electrons. The van der Waals surface area contributed by atoms with Crippen LogP contribution >= 0.6 is 15.9 Å². The fraction of sp³-hybridized carbons (Fsp3) is 0.391. The minimum Gasteiger partial charge on any atom is -0.457 e. The summed E-state index contributed by atoms with van der Waals surface area (Å²) >= 11 is 3.42. The van der Waals surface area contributed by atoms with E-state index < -0.39 is 5.92 Å². The van der Waals surface area contributed by atoms with Gasteiger partial charge >= 0.3 is 0 Å². The Hall–Kier alpha value is -1.98. The van der Waals surface area contributed by atoms with Gasteiger partial charge in [0.1, 0.15) is 17.4 Å². The Morgan fingerprint density at radius 2 is 1.43 bits per heavy atom. The molecule has 1 unspecified atom stereocenters. The first-order chi connectivity index (χ1) is 13.4. The van der Waals surface area contributed by atoms with Gasteiger partial charge in [-0.3, -0.25) is 9.59 Å². The van der Waals surface area contributed by atoms with Crippen LogP contribution in [-0.2, 0) is 14.3 Å². The van der Waals surface area contributed by atoms with Crippen molar-refractivity contribution in [2.75, 3.05) is 0 Å². The van der Waals surface area contributed by atoms with Crippen molar-refractivity contribution >= 4 is 27.5 Å². The molecule has 5 rings (SSSR count). The van der Waals surface area contributed by atoms with Crippen molar-refractivity contribution < 1.29 is 19.1 Å². The number of benzene rings is 2. The molecule has 2 bridgehead atoms. The molecular weight excluding hydrogens is 420 g/mol. The first-order valence-corrected chi connectivity index (χ1v) is 10.5. The fourth-order valence-corrected chi connectivity index (χ4v) is 5.56. The van der Waals surface area contributed by atoms with Gasteiger partial charge in [0.25, 0.3) is 0 Å². The average molecular weight is 441 g/mol. The maximum Gasteiger partial charge on any atom is 0.154 e. The van der Waals surface area contributed by atoms with Crippen molar-refractivity contribution in [1.82, 2.24) is 0 Å². The van der Waals surface area contributed by atoms with Gasteiger partial charge in [-0.25, -0.2) is 0 Å². The Kier molecular flexibility index (Phi) is 4.21. The topological polar surface area (TPSA) is 52.6 Å². The largest absolute Gasteiger partial charge is 0.457 e. The summed E-state index contributed by atoms with van der Waals surface area (Å²) in [5, 5.41) is 0. The highest BCUT2D eigenvalue weighted by Gasteiger charge is 2.63. The molecule has 3 fully saturated rings. The number of fused-ring (bicyclic) bond motifs is 5. The normalized spacial score (nSPS) is 30.8. The molecule has 2 aliphatic heterocycles. The molecule has 0 aromatic heterocycles. The summed E-state index contributed by atoms with van der Waals surface area (Å²) in [4.78, 5) is 26.3. The van der Waals surface area contributed by atoms with Crippen LogP contribution in [0.4, 0.5) is 0 Å². The van der Waals surface area contributed by atoms with E-state index in [1.807, 2.05) is 50.2 Å². The van der Waals surface area contributed by atoms with Crippen molar-refractivity contribution in [3.63, 3.8) is 0 Å². The molecule has 2 saturated heterocycles. The van der Waals surface area contributed by atoms with E-state index in [4.69, 9.17) is 9.47 Å². The Balaban J connectivity index is 1.47. The number of halogens is 1. The van der Waals surface area contributed by atoms with Crippen LogP contribution < -0.4 is 4.74 Å². The van der Waals surface area contributed by atoms with Crippen LogP contribution in [0.1, 0.15) is 35.4 Å². The smallest absolute Gasteiger partial charge is 0.154 e. The van der Waals surface area contributed by atoms with Crippen LogP contribution in [0.3, 0.4) is 0 Å². The van der Waals surface area contributed by atoms with E-state index in [0.29, 0.717) is 5.75 Å². The zero-order chi connectivity index (χ0) is 19.6. The minimum atomic E-state index is -0.649. The molecular formula is C23H21BrO4. The molecule has 2 aromatic carbocycles. The van der Waals surface area contributed by atoms with Crippen LogP contribution in [0, 0.1) is 25.7 Å². The number of ether oxygens (including phenoxy) is 2. The molecule has 2 aromatic rings. The van der Waals surface area contributed by atoms with E-state index >= 15 is 0 Å². The molecule has 0 N–H and O–H groups in total. The maximum atomic E-state index is 13.2. The van der Waals surface area contributed by atoms with Crippen molar-refractivity contribution in [1.29, 1.82) is 0 Å². The highest BCUT2D eigenvalue weighted by atomic mass is 79.9. The number of carbonyl (C=O) groups is 2. The number of Topliss-reactive ketones (excluding diaryl/α,β-unsaturated/α-hetero) is 2. The Labute approximate surface area is 172 Å². The molecule has 3 aliphatic rings. The van der Waals surface area contributed by atoms with Gasteiger partial charge in [0, 0.05) is 4.47 Å². The molecule has 0 spiro atoms. The maximum absolute atomic E-state index is 13.2. The van der Waals surface area contributed by atoms with E-state index in [1.54, 1.807) is 0 Å². The highest BCUT2D eigenvalue weighted by Crippen LogP contribution is 2.53. The van der Waals surface area contributed by atoms with Crippen molar-refractivity contribution in [2.24, 2.45) is 11.8 Å². The lowest BCUT2D eigenvalue weighted by Gasteiger charge is -2.18. The highest BCUT2D eigenvalue weighted by molar-refractivity contribution is 9.10. The van der Waals surface area contributed by atoms with E-state index in [9.17, 15) is 9.59 Å². The average Bonchev–Trinajstić information content (AvgIpc) is 3.33. The van der Waals surface area contributed by atoms with E-state index in [2.05, 4.69) is 15.9 Å².